The summed E-state index contributed by atoms with van der Waals surface area (Å²) in [5.74, 6) is -0.463. The van der Waals surface area contributed by atoms with Crippen LogP contribution >= 0.6 is 0 Å². The molecule has 2 aromatic rings. The fourth-order valence-electron chi connectivity index (χ4n) is 2.37. The number of nitrogens with two attached hydrogens (primary N) is 1. The summed E-state index contributed by atoms with van der Waals surface area (Å²) in [4.78, 5) is 11.2. The van der Waals surface area contributed by atoms with E-state index in [1.165, 1.54) is 11.8 Å². The van der Waals surface area contributed by atoms with Crippen molar-refractivity contribution in [1.29, 1.82) is 0 Å². The minimum absolute atomic E-state index is 0.266. The number of primary amides is 1. The summed E-state index contributed by atoms with van der Waals surface area (Å²) in [6.07, 6.45) is 5.25. The van der Waals surface area contributed by atoms with Gasteiger partial charge in [0.25, 0.3) is 5.91 Å². The molecule has 0 saturated heterocycles. The van der Waals surface area contributed by atoms with Crippen LogP contribution in [-0.4, -0.2) is 22.2 Å². The fraction of sp³-hybridized carbons (Fsp3) is 0.375. The van der Waals surface area contributed by atoms with Crippen molar-refractivity contribution in [2.24, 2.45) is 5.73 Å². The van der Waals surface area contributed by atoms with E-state index in [1.807, 2.05) is 18.2 Å². The molecular formula is C16H22N4O. The molecule has 21 heavy (non-hydrogen) atoms. The maximum Gasteiger partial charge on any atom is 0.251 e. The summed E-state index contributed by atoms with van der Waals surface area (Å²) in [5.41, 5.74) is 7.85. The topological polar surface area (TPSA) is 72.9 Å². The van der Waals surface area contributed by atoms with Crippen LogP contribution in [0, 0.1) is 0 Å². The largest absolute Gasteiger partial charge is 0.366 e. The van der Waals surface area contributed by atoms with Gasteiger partial charge in [-0.05, 0) is 31.0 Å². The Labute approximate surface area is 125 Å². The van der Waals surface area contributed by atoms with Crippen LogP contribution in [0.5, 0.6) is 0 Å². The van der Waals surface area contributed by atoms with Crippen molar-refractivity contribution in [2.45, 2.75) is 32.7 Å². The number of amides is 1. The Morgan fingerprint density at radius 2 is 2.14 bits per heavy atom. The van der Waals surface area contributed by atoms with Gasteiger partial charge in [0, 0.05) is 12.2 Å². The van der Waals surface area contributed by atoms with Crippen LogP contribution in [0.3, 0.4) is 0 Å². The van der Waals surface area contributed by atoms with E-state index in [-0.39, 0.29) is 6.04 Å². The van der Waals surface area contributed by atoms with E-state index in [4.69, 9.17) is 5.73 Å². The van der Waals surface area contributed by atoms with Crippen molar-refractivity contribution in [1.82, 2.24) is 15.1 Å². The van der Waals surface area contributed by atoms with Gasteiger partial charge in [-0.2, -0.15) is 5.10 Å². The van der Waals surface area contributed by atoms with Crippen molar-refractivity contribution in [3.05, 3.63) is 47.8 Å². The highest BCUT2D eigenvalue weighted by atomic mass is 16.1. The standard InChI is InChI=1S/C16H22N4O/c1-3-9-18-14(4-2)13-7-5-6-8-15(13)20-11-12(10-19-20)16(17)21/h5-8,10-11,14,18H,3-4,9H2,1-2H3,(H2,17,21). The van der Waals surface area contributed by atoms with Gasteiger partial charge in [0.15, 0.2) is 0 Å². The number of para-hydroxylation sites is 1. The van der Waals surface area contributed by atoms with Crippen LogP contribution < -0.4 is 11.1 Å². The number of nitrogens with zero attached hydrogens (tertiary/aromatic N) is 2. The zero-order valence-corrected chi connectivity index (χ0v) is 12.5. The average Bonchev–Trinajstić information content (AvgIpc) is 2.98. The molecule has 1 unspecified atom stereocenters. The van der Waals surface area contributed by atoms with Crippen LogP contribution in [0.2, 0.25) is 0 Å². The molecule has 0 bridgehead atoms. The molecule has 1 amide bonds. The van der Waals surface area contributed by atoms with Crippen LogP contribution in [0.15, 0.2) is 36.7 Å². The van der Waals surface area contributed by atoms with Gasteiger partial charge in [-0.25, -0.2) is 4.68 Å². The first-order valence-electron chi connectivity index (χ1n) is 7.34. The van der Waals surface area contributed by atoms with Crippen molar-refractivity contribution >= 4 is 5.91 Å². The van der Waals surface area contributed by atoms with Gasteiger partial charge in [0.1, 0.15) is 0 Å². The molecule has 5 heteroatoms. The van der Waals surface area contributed by atoms with E-state index < -0.39 is 5.91 Å². The highest BCUT2D eigenvalue weighted by Gasteiger charge is 2.15. The molecular weight excluding hydrogens is 264 g/mol. The predicted octanol–water partition coefficient (Wildman–Crippen LogP) is 2.42. The first-order chi connectivity index (χ1) is 10.2. The van der Waals surface area contributed by atoms with Gasteiger partial charge >= 0.3 is 0 Å². The molecule has 0 aliphatic carbocycles. The Morgan fingerprint density at radius 3 is 2.76 bits per heavy atom. The Morgan fingerprint density at radius 1 is 1.38 bits per heavy atom. The third-order valence-corrected chi connectivity index (χ3v) is 3.48. The molecule has 1 atom stereocenters. The lowest BCUT2D eigenvalue weighted by molar-refractivity contribution is 0.100. The van der Waals surface area contributed by atoms with Crippen molar-refractivity contribution in [2.75, 3.05) is 6.54 Å². The fourth-order valence-corrected chi connectivity index (χ4v) is 2.37. The molecule has 1 aromatic carbocycles. The molecule has 1 heterocycles. The zero-order chi connectivity index (χ0) is 15.2. The van der Waals surface area contributed by atoms with Gasteiger partial charge in [-0.3, -0.25) is 4.79 Å². The van der Waals surface area contributed by atoms with Gasteiger partial charge in [0.05, 0.1) is 17.4 Å². The number of hydrogen-bond acceptors (Lipinski definition) is 3. The molecule has 1 aromatic heterocycles. The van der Waals surface area contributed by atoms with Crippen molar-refractivity contribution in [3.8, 4) is 5.69 Å². The van der Waals surface area contributed by atoms with Crippen LogP contribution in [0.4, 0.5) is 0 Å². The highest BCUT2D eigenvalue weighted by Crippen LogP contribution is 2.24. The second-order valence-corrected chi connectivity index (χ2v) is 5.01. The van der Waals surface area contributed by atoms with Crippen LogP contribution in [-0.2, 0) is 0 Å². The molecule has 112 valence electrons. The Hall–Kier alpha value is -2.14. The Bertz CT molecular complexity index is 606. The number of rotatable bonds is 7. The first-order valence-corrected chi connectivity index (χ1v) is 7.34. The molecule has 3 N–H and O–H groups in total. The number of carbonyl (C=O) groups is 1. The van der Waals surface area contributed by atoms with Gasteiger partial charge in [0.2, 0.25) is 0 Å². The summed E-state index contributed by atoms with van der Waals surface area (Å²) >= 11 is 0. The lowest BCUT2D eigenvalue weighted by Gasteiger charge is -2.20. The lowest BCUT2D eigenvalue weighted by Crippen LogP contribution is -2.22. The first kappa shape index (κ1) is 15.3. The van der Waals surface area contributed by atoms with Crippen molar-refractivity contribution < 1.29 is 4.79 Å². The summed E-state index contributed by atoms with van der Waals surface area (Å²) in [6, 6.07) is 8.36. The Balaban J connectivity index is 2.36. The predicted molar refractivity (Wildman–Crippen MR) is 83.4 cm³/mol. The monoisotopic (exact) mass is 286 g/mol. The number of carbonyl (C=O) groups excluding carboxylic acids is 1. The minimum Gasteiger partial charge on any atom is -0.366 e. The smallest absolute Gasteiger partial charge is 0.251 e. The molecule has 0 spiro atoms. The summed E-state index contributed by atoms with van der Waals surface area (Å²) in [5, 5.41) is 7.80. The van der Waals surface area contributed by atoms with E-state index in [0.29, 0.717) is 5.56 Å². The second-order valence-electron chi connectivity index (χ2n) is 5.01. The number of hydrogen-bond donors (Lipinski definition) is 2. The van der Waals surface area contributed by atoms with Crippen LogP contribution in [0.1, 0.15) is 48.7 Å². The summed E-state index contributed by atoms with van der Waals surface area (Å²) in [7, 11) is 0. The number of aromatic nitrogens is 2. The molecule has 5 nitrogen and oxygen atoms in total. The molecule has 0 aliphatic heterocycles. The SMILES string of the molecule is CCCNC(CC)c1ccccc1-n1cc(C(N)=O)cn1. The quantitative estimate of drug-likeness (QED) is 0.821. The van der Waals surface area contributed by atoms with Gasteiger partial charge in [-0.15, -0.1) is 0 Å². The molecule has 0 aliphatic rings. The third kappa shape index (κ3) is 3.49. The Kier molecular flexibility index (Phi) is 5.11. The van der Waals surface area contributed by atoms with Crippen molar-refractivity contribution in [3.63, 3.8) is 0 Å². The minimum atomic E-state index is -0.463. The number of benzene rings is 1. The number of nitrogens with one attached hydrogen (secondary N) is 1. The van der Waals surface area contributed by atoms with E-state index >= 15 is 0 Å². The zero-order valence-electron chi connectivity index (χ0n) is 12.5. The lowest BCUT2D eigenvalue weighted by atomic mass is 10.0. The molecule has 2 rings (SSSR count). The average molecular weight is 286 g/mol. The van der Waals surface area contributed by atoms with Gasteiger partial charge < -0.3 is 11.1 Å². The summed E-state index contributed by atoms with van der Waals surface area (Å²) in [6.45, 7) is 5.28. The molecule has 0 saturated carbocycles. The van der Waals surface area contributed by atoms with E-state index in [9.17, 15) is 4.79 Å². The normalized spacial score (nSPS) is 12.3. The molecule has 0 fully saturated rings. The van der Waals surface area contributed by atoms with Gasteiger partial charge in [-0.1, -0.05) is 32.0 Å². The van der Waals surface area contributed by atoms with E-state index in [2.05, 4.69) is 30.3 Å². The van der Waals surface area contributed by atoms with Crippen LogP contribution in [0.25, 0.3) is 5.69 Å². The maximum absolute atomic E-state index is 11.2. The van der Waals surface area contributed by atoms with E-state index in [1.54, 1.807) is 10.9 Å². The molecule has 0 radical (unpaired) electrons. The third-order valence-electron chi connectivity index (χ3n) is 3.48. The van der Waals surface area contributed by atoms with E-state index in [0.717, 1.165) is 25.1 Å². The maximum atomic E-state index is 11.2. The highest BCUT2D eigenvalue weighted by molar-refractivity contribution is 5.92. The second kappa shape index (κ2) is 7.04. The summed E-state index contributed by atoms with van der Waals surface area (Å²) < 4.78 is 1.71.